The summed E-state index contributed by atoms with van der Waals surface area (Å²) in [6, 6.07) is 5.31. The lowest BCUT2D eigenvalue weighted by Crippen LogP contribution is -2.39. The van der Waals surface area contributed by atoms with Gasteiger partial charge in [-0.1, -0.05) is 12.1 Å². The van der Waals surface area contributed by atoms with Crippen LogP contribution in [0.2, 0.25) is 0 Å². The number of carboxylic acids is 1. The van der Waals surface area contributed by atoms with Crippen molar-refractivity contribution in [3.63, 3.8) is 0 Å². The molecule has 0 radical (unpaired) electrons. The maximum Gasteiger partial charge on any atom is 0.387 e. The maximum absolute atomic E-state index is 13.9. The van der Waals surface area contributed by atoms with E-state index in [4.69, 9.17) is 5.11 Å². The second kappa shape index (κ2) is 5.63. The number of halogens is 3. The fourth-order valence-corrected chi connectivity index (χ4v) is 2.13. The molecule has 1 unspecified atom stereocenters. The summed E-state index contributed by atoms with van der Waals surface area (Å²) in [5, 5.41) is 8.78. The number of nitrogens with zero attached hydrogens (tertiary/aromatic N) is 1. The van der Waals surface area contributed by atoms with Gasteiger partial charge in [0.25, 0.3) is 5.91 Å². The second-order valence-corrected chi connectivity index (χ2v) is 4.62. The molecule has 2 rings (SSSR count). The van der Waals surface area contributed by atoms with E-state index in [1.165, 1.54) is 24.3 Å². The molecule has 1 aromatic carbocycles. The summed E-state index contributed by atoms with van der Waals surface area (Å²) >= 11 is 0. The Morgan fingerprint density at radius 2 is 2.00 bits per heavy atom. The standard InChI is InChI=1S/C13H12F3NO4/c14-12(15)21-9-4-2-1-3-8(9)10(18)17-6-5-13(16,7-17)11(19)20/h1-4,12H,5-7H2,(H,19,20). The van der Waals surface area contributed by atoms with Crippen LogP contribution in [0.25, 0.3) is 0 Å². The largest absolute Gasteiger partial charge is 0.479 e. The van der Waals surface area contributed by atoms with Crippen molar-refractivity contribution >= 4 is 11.9 Å². The molecule has 1 saturated heterocycles. The van der Waals surface area contributed by atoms with Gasteiger partial charge in [-0.2, -0.15) is 8.78 Å². The number of ether oxygens (including phenoxy) is 1. The molecule has 1 aromatic rings. The van der Waals surface area contributed by atoms with Crippen molar-refractivity contribution in [2.24, 2.45) is 0 Å². The molecule has 1 atom stereocenters. The van der Waals surface area contributed by atoms with Crippen molar-refractivity contribution in [1.29, 1.82) is 0 Å². The fourth-order valence-electron chi connectivity index (χ4n) is 2.13. The van der Waals surface area contributed by atoms with Crippen molar-refractivity contribution in [3.05, 3.63) is 29.8 Å². The average Bonchev–Trinajstić information content (AvgIpc) is 2.82. The Morgan fingerprint density at radius 1 is 1.33 bits per heavy atom. The van der Waals surface area contributed by atoms with Gasteiger partial charge in [0.2, 0.25) is 5.67 Å². The van der Waals surface area contributed by atoms with Crippen molar-refractivity contribution in [3.8, 4) is 5.75 Å². The number of rotatable bonds is 4. The quantitative estimate of drug-likeness (QED) is 0.923. The van der Waals surface area contributed by atoms with E-state index in [2.05, 4.69) is 4.74 Å². The van der Waals surface area contributed by atoms with Gasteiger partial charge >= 0.3 is 12.6 Å². The van der Waals surface area contributed by atoms with E-state index in [-0.39, 0.29) is 24.3 Å². The Balaban J connectivity index is 2.20. The van der Waals surface area contributed by atoms with Gasteiger partial charge in [-0.3, -0.25) is 4.79 Å². The molecule has 1 heterocycles. The van der Waals surface area contributed by atoms with E-state index in [9.17, 15) is 22.8 Å². The molecule has 0 spiro atoms. The normalized spacial score (nSPS) is 21.6. The highest BCUT2D eigenvalue weighted by molar-refractivity contribution is 5.97. The van der Waals surface area contributed by atoms with Crippen LogP contribution in [0.5, 0.6) is 5.75 Å². The Hall–Kier alpha value is -2.25. The predicted molar refractivity (Wildman–Crippen MR) is 65.1 cm³/mol. The molecular weight excluding hydrogens is 291 g/mol. The Morgan fingerprint density at radius 3 is 2.57 bits per heavy atom. The second-order valence-electron chi connectivity index (χ2n) is 4.62. The van der Waals surface area contributed by atoms with Crippen LogP contribution in [0, 0.1) is 0 Å². The lowest BCUT2D eigenvalue weighted by atomic mass is 10.1. The highest BCUT2D eigenvalue weighted by Crippen LogP contribution is 2.29. The molecule has 1 aliphatic rings. The number of carbonyl (C=O) groups is 2. The first-order valence-corrected chi connectivity index (χ1v) is 6.09. The number of benzene rings is 1. The number of hydrogen-bond acceptors (Lipinski definition) is 3. The van der Waals surface area contributed by atoms with Crippen molar-refractivity contribution < 1.29 is 32.6 Å². The number of likely N-dealkylation sites (tertiary alicyclic amines) is 1. The lowest BCUT2D eigenvalue weighted by molar-refractivity contribution is -0.149. The molecule has 0 aromatic heterocycles. The third kappa shape index (κ3) is 3.09. The summed E-state index contributed by atoms with van der Waals surface area (Å²) < 4.78 is 42.7. The van der Waals surface area contributed by atoms with E-state index in [1.807, 2.05) is 0 Å². The smallest absolute Gasteiger partial charge is 0.387 e. The highest BCUT2D eigenvalue weighted by Gasteiger charge is 2.47. The monoisotopic (exact) mass is 303 g/mol. The summed E-state index contributed by atoms with van der Waals surface area (Å²) in [5.74, 6) is -2.72. The molecule has 8 heteroatoms. The summed E-state index contributed by atoms with van der Waals surface area (Å²) in [6.45, 7) is -3.83. The highest BCUT2D eigenvalue weighted by atomic mass is 19.3. The molecule has 1 aliphatic heterocycles. The van der Waals surface area contributed by atoms with Crippen LogP contribution in [0.4, 0.5) is 13.2 Å². The molecule has 5 nitrogen and oxygen atoms in total. The molecular formula is C13H12F3NO4. The number of amides is 1. The van der Waals surface area contributed by atoms with Gasteiger partial charge in [0, 0.05) is 13.0 Å². The average molecular weight is 303 g/mol. The number of carbonyl (C=O) groups excluding carboxylic acids is 1. The zero-order valence-electron chi connectivity index (χ0n) is 10.8. The Bertz CT molecular complexity index is 566. The molecule has 114 valence electrons. The minimum absolute atomic E-state index is 0.107. The number of alkyl halides is 3. The maximum atomic E-state index is 13.9. The lowest BCUT2D eigenvalue weighted by Gasteiger charge is -2.19. The number of carboxylic acid groups (broad SMARTS) is 1. The summed E-state index contributed by atoms with van der Waals surface area (Å²) in [4.78, 5) is 24.0. The SMILES string of the molecule is O=C(c1ccccc1OC(F)F)N1CCC(F)(C(=O)O)C1. The zero-order valence-corrected chi connectivity index (χ0v) is 10.8. The molecule has 21 heavy (non-hydrogen) atoms. The van der Waals surface area contributed by atoms with Gasteiger partial charge < -0.3 is 14.7 Å². The Labute approximate surface area is 117 Å². The number of para-hydroxylation sites is 1. The van der Waals surface area contributed by atoms with Gasteiger partial charge in [0.1, 0.15) is 5.75 Å². The molecule has 1 fully saturated rings. The first-order chi connectivity index (χ1) is 9.83. The van der Waals surface area contributed by atoms with Gasteiger partial charge in [-0.05, 0) is 12.1 Å². The van der Waals surface area contributed by atoms with Gasteiger partial charge in [-0.25, -0.2) is 9.18 Å². The zero-order chi connectivity index (χ0) is 15.6. The summed E-state index contributed by atoms with van der Waals surface area (Å²) in [5.41, 5.74) is -2.67. The van der Waals surface area contributed by atoms with Crippen LogP contribution in [-0.2, 0) is 4.79 Å². The van der Waals surface area contributed by atoms with E-state index in [1.54, 1.807) is 0 Å². The van der Waals surface area contributed by atoms with Gasteiger partial charge in [-0.15, -0.1) is 0 Å². The summed E-state index contributed by atoms with van der Waals surface area (Å²) in [6.07, 6.45) is -0.341. The Kier molecular flexibility index (Phi) is 4.06. The van der Waals surface area contributed by atoms with Gasteiger partial charge in [0.15, 0.2) is 0 Å². The fraction of sp³-hybridized carbons (Fsp3) is 0.385. The first kappa shape index (κ1) is 15.1. The summed E-state index contributed by atoms with van der Waals surface area (Å²) in [7, 11) is 0. The minimum Gasteiger partial charge on any atom is -0.479 e. The van der Waals surface area contributed by atoms with Crippen LogP contribution in [0.3, 0.4) is 0 Å². The molecule has 1 amide bonds. The van der Waals surface area contributed by atoms with E-state index in [0.29, 0.717) is 0 Å². The van der Waals surface area contributed by atoms with Crippen molar-refractivity contribution in [2.45, 2.75) is 18.7 Å². The van der Waals surface area contributed by atoms with E-state index in [0.717, 1.165) is 4.90 Å². The number of aliphatic carboxylic acids is 1. The third-order valence-corrected chi connectivity index (χ3v) is 3.22. The van der Waals surface area contributed by atoms with Crippen LogP contribution >= 0.6 is 0 Å². The predicted octanol–water partition coefficient (Wildman–Crippen LogP) is 1.93. The van der Waals surface area contributed by atoms with Crippen LogP contribution in [-0.4, -0.2) is 47.3 Å². The third-order valence-electron chi connectivity index (χ3n) is 3.22. The molecule has 0 saturated carbocycles. The first-order valence-electron chi connectivity index (χ1n) is 6.09. The van der Waals surface area contributed by atoms with E-state index < -0.39 is 30.7 Å². The van der Waals surface area contributed by atoms with Crippen LogP contribution in [0.1, 0.15) is 16.8 Å². The molecule has 0 bridgehead atoms. The minimum atomic E-state index is -3.10. The van der Waals surface area contributed by atoms with E-state index >= 15 is 0 Å². The molecule has 1 N–H and O–H groups in total. The number of hydrogen-bond donors (Lipinski definition) is 1. The topological polar surface area (TPSA) is 66.8 Å². The van der Waals surface area contributed by atoms with Crippen LogP contribution < -0.4 is 4.74 Å². The van der Waals surface area contributed by atoms with Gasteiger partial charge in [0.05, 0.1) is 12.1 Å². The van der Waals surface area contributed by atoms with Crippen molar-refractivity contribution in [2.75, 3.05) is 13.1 Å². The van der Waals surface area contributed by atoms with Crippen LogP contribution in [0.15, 0.2) is 24.3 Å². The molecule has 0 aliphatic carbocycles. The van der Waals surface area contributed by atoms with Crippen molar-refractivity contribution in [1.82, 2.24) is 4.90 Å².